The van der Waals surface area contributed by atoms with Gasteiger partial charge in [-0.05, 0) is 31.4 Å². The fourth-order valence-electron chi connectivity index (χ4n) is 1.56. The van der Waals surface area contributed by atoms with Gasteiger partial charge in [-0.3, -0.25) is 0 Å². The highest BCUT2D eigenvalue weighted by Crippen LogP contribution is 2.23. The van der Waals surface area contributed by atoms with Gasteiger partial charge < -0.3 is 0 Å². The Morgan fingerprint density at radius 3 is 2.62 bits per heavy atom. The SMILES string of the molecule is C#CC(CC)c1cc(C)ccc1C. The zero-order valence-electron chi connectivity index (χ0n) is 8.59. The van der Waals surface area contributed by atoms with Crippen LogP contribution in [0.25, 0.3) is 0 Å². The Kier molecular flexibility index (Phi) is 3.14. The molecular formula is C13H16. The van der Waals surface area contributed by atoms with Crippen molar-refractivity contribution in [3.05, 3.63) is 34.9 Å². The summed E-state index contributed by atoms with van der Waals surface area (Å²) < 4.78 is 0. The van der Waals surface area contributed by atoms with E-state index in [9.17, 15) is 0 Å². The van der Waals surface area contributed by atoms with E-state index in [0.29, 0.717) is 0 Å². The summed E-state index contributed by atoms with van der Waals surface area (Å²) >= 11 is 0. The fourth-order valence-corrected chi connectivity index (χ4v) is 1.56. The van der Waals surface area contributed by atoms with Gasteiger partial charge in [-0.1, -0.05) is 36.6 Å². The van der Waals surface area contributed by atoms with E-state index in [1.54, 1.807) is 0 Å². The normalized spacial score (nSPS) is 12.2. The van der Waals surface area contributed by atoms with Gasteiger partial charge >= 0.3 is 0 Å². The first-order valence-corrected chi connectivity index (χ1v) is 4.72. The highest BCUT2D eigenvalue weighted by molar-refractivity contribution is 5.36. The molecule has 13 heavy (non-hydrogen) atoms. The lowest BCUT2D eigenvalue weighted by Gasteiger charge is -2.12. The molecule has 1 aromatic carbocycles. The monoisotopic (exact) mass is 172 g/mol. The number of aryl methyl sites for hydroxylation is 2. The van der Waals surface area contributed by atoms with E-state index in [1.165, 1.54) is 16.7 Å². The molecule has 1 aromatic rings. The minimum atomic E-state index is 0.278. The number of hydrogen-bond acceptors (Lipinski definition) is 0. The lowest BCUT2D eigenvalue weighted by Crippen LogP contribution is -1.97. The van der Waals surface area contributed by atoms with Crippen LogP contribution in [0.5, 0.6) is 0 Å². The summed E-state index contributed by atoms with van der Waals surface area (Å²) in [5, 5.41) is 0. The van der Waals surface area contributed by atoms with Crippen molar-refractivity contribution >= 4 is 0 Å². The van der Waals surface area contributed by atoms with Crippen molar-refractivity contribution in [2.24, 2.45) is 0 Å². The lowest BCUT2D eigenvalue weighted by molar-refractivity contribution is 0.822. The molecule has 0 spiro atoms. The van der Waals surface area contributed by atoms with Gasteiger partial charge in [-0.2, -0.15) is 0 Å². The van der Waals surface area contributed by atoms with Crippen molar-refractivity contribution in [2.45, 2.75) is 33.1 Å². The topological polar surface area (TPSA) is 0 Å². The number of hydrogen-bond donors (Lipinski definition) is 0. The molecule has 1 atom stereocenters. The smallest absolute Gasteiger partial charge is 0.0449 e. The highest BCUT2D eigenvalue weighted by Gasteiger charge is 2.08. The van der Waals surface area contributed by atoms with Crippen LogP contribution in [0.2, 0.25) is 0 Å². The molecule has 0 aliphatic rings. The standard InChI is InChI=1S/C13H16/c1-5-12(6-2)13-9-10(3)7-8-11(13)4/h1,7-9,12H,6H2,2-4H3. The van der Waals surface area contributed by atoms with E-state index < -0.39 is 0 Å². The molecule has 0 heteroatoms. The first kappa shape index (κ1) is 9.86. The minimum absolute atomic E-state index is 0.278. The van der Waals surface area contributed by atoms with E-state index >= 15 is 0 Å². The highest BCUT2D eigenvalue weighted by atomic mass is 14.1. The van der Waals surface area contributed by atoms with E-state index in [0.717, 1.165) is 6.42 Å². The van der Waals surface area contributed by atoms with E-state index in [4.69, 9.17) is 6.42 Å². The molecule has 0 fully saturated rings. The average molecular weight is 172 g/mol. The molecule has 0 amide bonds. The molecule has 1 rings (SSSR count). The summed E-state index contributed by atoms with van der Waals surface area (Å²) in [5.74, 6) is 3.11. The largest absolute Gasteiger partial charge is 0.119 e. The summed E-state index contributed by atoms with van der Waals surface area (Å²) in [6.45, 7) is 6.35. The number of terminal acetylenes is 1. The Balaban J connectivity index is 3.13. The Morgan fingerprint density at radius 1 is 1.38 bits per heavy atom. The third-order valence-corrected chi connectivity index (χ3v) is 2.42. The zero-order valence-corrected chi connectivity index (χ0v) is 8.59. The molecule has 1 unspecified atom stereocenters. The van der Waals surface area contributed by atoms with Gasteiger partial charge in [0.15, 0.2) is 0 Å². The van der Waals surface area contributed by atoms with Gasteiger partial charge in [-0.15, -0.1) is 6.42 Å². The quantitative estimate of drug-likeness (QED) is 0.599. The minimum Gasteiger partial charge on any atom is -0.119 e. The molecule has 0 aromatic heterocycles. The summed E-state index contributed by atoms with van der Waals surface area (Å²) in [7, 11) is 0. The average Bonchev–Trinajstić information content (AvgIpc) is 2.13. The molecule has 0 heterocycles. The summed E-state index contributed by atoms with van der Waals surface area (Å²) in [4.78, 5) is 0. The number of benzene rings is 1. The third kappa shape index (κ3) is 2.12. The van der Waals surface area contributed by atoms with Crippen molar-refractivity contribution in [1.29, 1.82) is 0 Å². The van der Waals surface area contributed by atoms with Crippen molar-refractivity contribution < 1.29 is 0 Å². The second-order valence-electron chi connectivity index (χ2n) is 3.49. The molecule has 0 saturated heterocycles. The van der Waals surface area contributed by atoms with Gasteiger partial charge in [0.25, 0.3) is 0 Å². The van der Waals surface area contributed by atoms with Crippen LogP contribution in [0.3, 0.4) is 0 Å². The fraction of sp³-hybridized carbons (Fsp3) is 0.385. The number of rotatable bonds is 2. The molecule has 0 nitrogen and oxygen atoms in total. The molecule has 0 N–H and O–H groups in total. The third-order valence-electron chi connectivity index (χ3n) is 2.42. The van der Waals surface area contributed by atoms with Crippen molar-refractivity contribution in [3.63, 3.8) is 0 Å². The molecule has 0 saturated carbocycles. The maximum atomic E-state index is 5.48. The van der Waals surface area contributed by atoms with Crippen LogP contribution in [-0.4, -0.2) is 0 Å². The summed E-state index contributed by atoms with van der Waals surface area (Å²) in [5.41, 5.74) is 3.90. The molecule has 68 valence electrons. The van der Waals surface area contributed by atoms with Crippen LogP contribution >= 0.6 is 0 Å². The Morgan fingerprint density at radius 2 is 2.08 bits per heavy atom. The first-order valence-electron chi connectivity index (χ1n) is 4.72. The van der Waals surface area contributed by atoms with E-state index in [-0.39, 0.29) is 5.92 Å². The second-order valence-corrected chi connectivity index (χ2v) is 3.49. The van der Waals surface area contributed by atoms with Crippen LogP contribution in [0.4, 0.5) is 0 Å². The second kappa shape index (κ2) is 4.14. The van der Waals surface area contributed by atoms with E-state index in [1.807, 2.05) is 0 Å². The van der Waals surface area contributed by atoms with Crippen LogP contribution in [0.1, 0.15) is 36.0 Å². The maximum absolute atomic E-state index is 5.48. The van der Waals surface area contributed by atoms with Gasteiger partial charge in [-0.25, -0.2) is 0 Å². The maximum Gasteiger partial charge on any atom is 0.0449 e. The Hall–Kier alpha value is -1.22. The summed E-state index contributed by atoms with van der Waals surface area (Å²) in [6, 6.07) is 6.47. The molecule has 0 bridgehead atoms. The van der Waals surface area contributed by atoms with Crippen LogP contribution < -0.4 is 0 Å². The van der Waals surface area contributed by atoms with Crippen LogP contribution in [0.15, 0.2) is 18.2 Å². The Bertz CT molecular complexity index is 328. The van der Waals surface area contributed by atoms with Crippen molar-refractivity contribution in [2.75, 3.05) is 0 Å². The van der Waals surface area contributed by atoms with Gasteiger partial charge in [0, 0.05) is 5.92 Å². The van der Waals surface area contributed by atoms with Crippen molar-refractivity contribution in [1.82, 2.24) is 0 Å². The predicted octanol–water partition coefficient (Wildman–Crippen LogP) is 3.43. The summed E-state index contributed by atoms with van der Waals surface area (Å²) in [6.07, 6.45) is 6.50. The predicted molar refractivity (Wildman–Crippen MR) is 57.8 cm³/mol. The Labute approximate surface area is 81.0 Å². The molecule has 0 aliphatic heterocycles. The van der Waals surface area contributed by atoms with Crippen LogP contribution in [0, 0.1) is 26.2 Å². The first-order chi connectivity index (χ1) is 6.19. The van der Waals surface area contributed by atoms with Gasteiger partial charge in [0.05, 0.1) is 0 Å². The lowest BCUT2D eigenvalue weighted by atomic mass is 9.92. The van der Waals surface area contributed by atoms with Gasteiger partial charge in [0.2, 0.25) is 0 Å². The molecule has 0 aliphatic carbocycles. The van der Waals surface area contributed by atoms with E-state index in [2.05, 4.69) is 44.9 Å². The zero-order chi connectivity index (χ0) is 9.84. The van der Waals surface area contributed by atoms with Crippen LogP contribution in [-0.2, 0) is 0 Å². The van der Waals surface area contributed by atoms with Gasteiger partial charge in [0.1, 0.15) is 0 Å². The molecule has 0 radical (unpaired) electrons. The molecular weight excluding hydrogens is 156 g/mol. The van der Waals surface area contributed by atoms with Crippen molar-refractivity contribution in [3.8, 4) is 12.3 Å².